The third-order valence-electron chi connectivity index (χ3n) is 3.67. The summed E-state index contributed by atoms with van der Waals surface area (Å²) in [5.41, 5.74) is 2.56. The third kappa shape index (κ3) is 2.35. The lowest BCUT2D eigenvalue weighted by molar-refractivity contribution is -0.133. The van der Waals surface area contributed by atoms with E-state index < -0.39 is 0 Å². The van der Waals surface area contributed by atoms with E-state index in [2.05, 4.69) is 19.1 Å². The van der Waals surface area contributed by atoms with Crippen molar-refractivity contribution >= 4 is 5.91 Å². The molecular weight excluding hydrogens is 226 g/mol. The summed E-state index contributed by atoms with van der Waals surface area (Å²) in [6, 6.07) is 6.33. The monoisotopic (exact) mass is 247 g/mol. The molecule has 0 aliphatic carbocycles. The lowest BCUT2D eigenvalue weighted by atomic mass is 9.93. The molecule has 0 fully saturated rings. The molecule has 0 N–H and O–H groups in total. The summed E-state index contributed by atoms with van der Waals surface area (Å²) < 4.78 is 5.25. The zero-order valence-corrected chi connectivity index (χ0v) is 11.4. The van der Waals surface area contributed by atoms with Crippen LogP contribution in [0.4, 0.5) is 0 Å². The van der Waals surface area contributed by atoms with E-state index in [9.17, 15) is 4.79 Å². The molecule has 1 aliphatic rings. The van der Waals surface area contributed by atoms with E-state index >= 15 is 0 Å². The summed E-state index contributed by atoms with van der Waals surface area (Å²) in [7, 11) is 1.69. The molecule has 18 heavy (non-hydrogen) atoms. The molecule has 0 radical (unpaired) electrons. The molecule has 0 saturated carbocycles. The van der Waals surface area contributed by atoms with Gasteiger partial charge in [0.2, 0.25) is 5.91 Å². The van der Waals surface area contributed by atoms with Gasteiger partial charge in [-0.3, -0.25) is 4.79 Å². The Hall–Kier alpha value is -1.51. The molecule has 98 valence electrons. The van der Waals surface area contributed by atoms with Crippen molar-refractivity contribution in [1.29, 1.82) is 0 Å². The maximum absolute atomic E-state index is 12.0. The summed E-state index contributed by atoms with van der Waals surface area (Å²) in [6.07, 6.45) is 2.49. The minimum absolute atomic E-state index is 0.179. The van der Waals surface area contributed by atoms with Crippen LogP contribution in [0.15, 0.2) is 18.2 Å². The van der Waals surface area contributed by atoms with Crippen molar-refractivity contribution in [3.05, 3.63) is 29.3 Å². The molecule has 1 unspecified atom stereocenters. The van der Waals surface area contributed by atoms with Gasteiger partial charge in [0.1, 0.15) is 5.75 Å². The topological polar surface area (TPSA) is 29.5 Å². The van der Waals surface area contributed by atoms with Crippen LogP contribution >= 0.6 is 0 Å². The smallest absolute Gasteiger partial charge is 0.223 e. The maximum Gasteiger partial charge on any atom is 0.223 e. The van der Waals surface area contributed by atoms with Gasteiger partial charge in [-0.05, 0) is 43.0 Å². The molecule has 1 heterocycles. The molecule has 3 nitrogen and oxygen atoms in total. The van der Waals surface area contributed by atoms with Gasteiger partial charge in [0.25, 0.3) is 0 Å². The number of carbonyl (C=O) groups is 1. The van der Waals surface area contributed by atoms with Gasteiger partial charge in [-0.1, -0.05) is 13.0 Å². The first-order valence-corrected chi connectivity index (χ1v) is 6.63. The Morgan fingerprint density at radius 1 is 1.50 bits per heavy atom. The van der Waals surface area contributed by atoms with E-state index in [0.717, 1.165) is 25.1 Å². The number of benzene rings is 1. The minimum atomic E-state index is 0.179. The Balaban J connectivity index is 2.23. The van der Waals surface area contributed by atoms with E-state index in [0.29, 0.717) is 6.42 Å². The quantitative estimate of drug-likeness (QED) is 0.822. The van der Waals surface area contributed by atoms with Crippen LogP contribution in [-0.2, 0) is 11.2 Å². The molecule has 1 aromatic carbocycles. The first kappa shape index (κ1) is 12.9. The molecular formula is C15H21NO2. The molecule has 1 amide bonds. The summed E-state index contributed by atoms with van der Waals surface area (Å²) in [5.74, 6) is 1.17. The molecule has 1 aliphatic heterocycles. The van der Waals surface area contributed by atoms with Crippen molar-refractivity contribution in [3.63, 3.8) is 0 Å². The Kier molecular flexibility index (Phi) is 3.90. The average molecular weight is 247 g/mol. The van der Waals surface area contributed by atoms with Crippen molar-refractivity contribution in [2.24, 2.45) is 0 Å². The molecule has 3 heteroatoms. The zero-order chi connectivity index (χ0) is 13.1. The van der Waals surface area contributed by atoms with Crippen molar-refractivity contribution in [1.82, 2.24) is 4.90 Å². The molecule has 1 atom stereocenters. The second-order valence-electron chi connectivity index (χ2n) is 4.83. The highest BCUT2D eigenvalue weighted by Crippen LogP contribution is 2.32. The summed E-state index contributed by atoms with van der Waals surface area (Å²) in [5, 5.41) is 0. The predicted molar refractivity (Wildman–Crippen MR) is 71.7 cm³/mol. The first-order chi connectivity index (χ1) is 8.67. The minimum Gasteiger partial charge on any atom is -0.497 e. The molecule has 0 aromatic heterocycles. The summed E-state index contributed by atoms with van der Waals surface area (Å²) in [6.45, 7) is 4.98. The number of amides is 1. The van der Waals surface area contributed by atoms with Crippen molar-refractivity contribution < 1.29 is 9.53 Å². The number of fused-ring (bicyclic) bond motifs is 1. The number of rotatable bonds is 3. The van der Waals surface area contributed by atoms with Crippen molar-refractivity contribution in [3.8, 4) is 5.75 Å². The van der Waals surface area contributed by atoms with Gasteiger partial charge >= 0.3 is 0 Å². The lowest BCUT2D eigenvalue weighted by Gasteiger charge is -2.35. The van der Waals surface area contributed by atoms with Gasteiger partial charge in [0.15, 0.2) is 0 Å². The highest BCUT2D eigenvalue weighted by molar-refractivity contribution is 5.77. The van der Waals surface area contributed by atoms with Crippen LogP contribution in [0.2, 0.25) is 0 Å². The normalized spacial score (nSPS) is 18.4. The van der Waals surface area contributed by atoms with E-state index in [1.54, 1.807) is 7.11 Å². The molecule has 2 rings (SSSR count). The first-order valence-electron chi connectivity index (χ1n) is 6.63. The second-order valence-corrected chi connectivity index (χ2v) is 4.83. The molecule has 0 saturated heterocycles. The standard InChI is InChI=1S/C15H21NO2/c1-4-5-15(17)16-9-8-12-10-13(18-3)6-7-14(12)11(16)2/h6-7,10-11H,4-5,8-9H2,1-3H3. The number of hydrogen-bond acceptors (Lipinski definition) is 2. The fourth-order valence-electron chi connectivity index (χ4n) is 2.63. The van der Waals surface area contributed by atoms with E-state index in [4.69, 9.17) is 4.74 Å². The van der Waals surface area contributed by atoms with Gasteiger partial charge in [0.05, 0.1) is 13.2 Å². The van der Waals surface area contributed by atoms with Crippen LogP contribution in [0.25, 0.3) is 0 Å². The Bertz CT molecular complexity index is 442. The van der Waals surface area contributed by atoms with Gasteiger partial charge in [-0.2, -0.15) is 0 Å². The van der Waals surface area contributed by atoms with Crippen LogP contribution in [0.5, 0.6) is 5.75 Å². The predicted octanol–water partition coefficient (Wildman–Crippen LogP) is 2.94. The Morgan fingerprint density at radius 3 is 2.94 bits per heavy atom. The lowest BCUT2D eigenvalue weighted by Crippen LogP contribution is -2.38. The fourth-order valence-corrected chi connectivity index (χ4v) is 2.63. The third-order valence-corrected chi connectivity index (χ3v) is 3.67. The van der Waals surface area contributed by atoms with Gasteiger partial charge < -0.3 is 9.64 Å². The van der Waals surface area contributed by atoms with E-state index in [1.807, 2.05) is 17.9 Å². The van der Waals surface area contributed by atoms with Crippen LogP contribution < -0.4 is 4.74 Å². The number of hydrogen-bond donors (Lipinski definition) is 0. The number of ether oxygens (including phenoxy) is 1. The van der Waals surface area contributed by atoms with Crippen molar-refractivity contribution in [2.75, 3.05) is 13.7 Å². The van der Waals surface area contributed by atoms with Crippen LogP contribution in [-0.4, -0.2) is 24.5 Å². The van der Waals surface area contributed by atoms with E-state index in [1.165, 1.54) is 11.1 Å². The maximum atomic E-state index is 12.0. The van der Waals surface area contributed by atoms with E-state index in [-0.39, 0.29) is 11.9 Å². The number of methoxy groups -OCH3 is 1. The Morgan fingerprint density at radius 2 is 2.28 bits per heavy atom. The Labute approximate surface area is 109 Å². The zero-order valence-electron chi connectivity index (χ0n) is 11.4. The summed E-state index contributed by atoms with van der Waals surface area (Å²) in [4.78, 5) is 14.0. The summed E-state index contributed by atoms with van der Waals surface area (Å²) >= 11 is 0. The number of carbonyl (C=O) groups excluding carboxylic acids is 1. The number of nitrogens with zero attached hydrogens (tertiary/aromatic N) is 1. The fraction of sp³-hybridized carbons (Fsp3) is 0.533. The van der Waals surface area contributed by atoms with Gasteiger partial charge in [-0.15, -0.1) is 0 Å². The average Bonchev–Trinajstić information content (AvgIpc) is 2.38. The molecule has 0 bridgehead atoms. The van der Waals surface area contributed by atoms with Crippen LogP contribution in [0, 0.1) is 0 Å². The van der Waals surface area contributed by atoms with Gasteiger partial charge in [-0.25, -0.2) is 0 Å². The molecule has 1 aromatic rings. The van der Waals surface area contributed by atoms with Crippen molar-refractivity contribution in [2.45, 2.75) is 39.2 Å². The second kappa shape index (κ2) is 5.42. The van der Waals surface area contributed by atoms with Crippen LogP contribution in [0.1, 0.15) is 43.9 Å². The van der Waals surface area contributed by atoms with Gasteiger partial charge in [0, 0.05) is 13.0 Å². The highest BCUT2D eigenvalue weighted by atomic mass is 16.5. The highest BCUT2D eigenvalue weighted by Gasteiger charge is 2.26. The molecule has 0 spiro atoms. The largest absolute Gasteiger partial charge is 0.497 e. The SMILES string of the molecule is CCCC(=O)N1CCc2cc(OC)ccc2C1C. The van der Waals surface area contributed by atoms with Crippen LogP contribution in [0.3, 0.4) is 0 Å².